The fourth-order valence-electron chi connectivity index (χ4n) is 1.30. The smallest absolute Gasteiger partial charge is 0.302 e. The van der Waals surface area contributed by atoms with Crippen molar-refractivity contribution in [2.75, 3.05) is 6.61 Å². The molecule has 0 bridgehead atoms. The summed E-state index contributed by atoms with van der Waals surface area (Å²) in [7, 11) is 0. The van der Waals surface area contributed by atoms with Gasteiger partial charge in [0, 0.05) is 6.92 Å². The second kappa shape index (κ2) is 8.79. The van der Waals surface area contributed by atoms with E-state index in [0.29, 0.717) is 12.5 Å². The highest BCUT2D eigenvalue weighted by Crippen LogP contribution is 2.10. The van der Waals surface area contributed by atoms with Crippen molar-refractivity contribution in [2.45, 2.75) is 46.0 Å². The van der Waals surface area contributed by atoms with Crippen LogP contribution in [0.15, 0.2) is 12.7 Å². The average molecular weight is 198 g/mol. The SMILES string of the molecule is C=CCCCCCC(C)COC(C)=O. The van der Waals surface area contributed by atoms with Gasteiger partial charge in [0.25, 0.3) is 0 Å². The van der Waals surface area contributed by atoms with Crippen LogP contribution in [0.25, 0.3) is 0 Å². The van der Waals surface area contributed by atoms with E-state index in [1.54, 1.807) is 0 Å². The van der Waals surface area contributed by atoms with Gasteiger partial charge in [-0.3, -0.25) is 4.79 Å². The van der Waals surface area contributed by atoms with Crippen molar-refractivity contribution in [2.24, 2.45) is 5.92 Å². The van der Waals surface area contributed by atoms with Crippen molar-refractivity contribution in [1.29, 1.82) is 0 Å². The summed E-state index contributed by atoms with van der Waals surface area (Å²) in [4.78, 5) is 10.5. The molecule has 0 amide bonds. The highest BCUT2D eigenvalue weighted by molar-refractivity contribution is 5.65. The van der Waals surface area contributed by atoms with Crippen LogP contribution in [-0.4, -0.2) is 12.6 Å². The van der Waals surface area contributed by atoms with Crippen LogP contribution < -0.4 is 0 Å². The fraction of sp³-hybridized carbons (Fsp3) is 0.750. The van der Waals surface area contributed by atoms with Crippen molar-refractivity contribution in [1.82, 2.24) is 0 Å². The molecular formula is C12H22O2. The van der Waals surface area contributed by atoms with Crippen LogP contribution in [0.1, 0.15) is 46.0 Å². The van der Waals surface area contributed by atoms with Crippen LogP contribution in [0.2, 0.25) is 0 Å². The van der Waals surface area contributed by atoms with Gasteiger partial charge in [0.15, 0.2) is 0 Å². The molecule has 0 heterocycles. The van der Waals surface area contributed by atoms with Gasteiger partial charge in [-0.15, -0.1) is 6.58 Å². The van der Waals surface area contributed by atoms with Gasteiger partial charge in [0.1, 0.15) is 0 Å². The van der Waals surface area contributed by atoms with E-state index in [9.17, 15) is 4.79 Å². The van der Waals surface area contributed by atoms with Crippen molar-refractivity contribution >= 4 is 5.97 Å². The van der Waals surface area contributed by atoms with Gasteiger partial charge < -0.3 is 4.74 Å². The van der Waals surface area contributed by atoms with Crippen LogP contribution in [-0.2, 0) is 9.53 Å². The summed E-state index contributed by atoms with van der Waals surface area (Å²) in [6, 6.07) is 0. The third-order valence-electron chi connectivity index (χ3n) is 2.18. The monoisotopic (exact) mass is 198 g/mol. The maximum atomic E-state index is 10.5. The predicted molar refractivity (Wildman–Crippen MR) is 59.1 cm³/mol. The Hall–Kier alpha value is -0.790. The number of hydrogen-bond donors (Lipinski definition) is 0. The highest BCUT2D eigenvalue weighted by atomic mass is 16.5. The molecule has 14 heavy (non-hydrogen) atoms. The molecule has 0 aromatic heterocycles. The van der Waals surface area contributed by atoms with E-state index in [2.05, 4.69) is 13.5 Å². The number of allylic oxidation sites excluding steroid dienone is 1. The second-order valence-electron chi connectivity index (χ2n) is 3.83. The summed E-state index contributed by atoms with van der Waals surface area (Å²) in [5.74, 6) is 0.311. The van der Waals surface area contributed by atoms with Crippen LogP contribution in [0.5, 0.6) is 0 Å². The van der Waals surface area contributed by atoms with E-state index in [1.165, 1.54) is 26.2 Å². The molecule has 0 rings (SSSR count). The number of hydrogen-bond acceptors (Lipinski definition) is 2. The van der Waals surface area contributed by atoms with Gasteiger partial charge in [-0.1, -0.05) is 25.8 Å². The van der Waals surface area contributed by atoms with Gasteiger partial charge in [-0.25, -0.2) is 0 Å². The minimum Gasteiger partial charge on any atom is -0.466 e. The standard InChI is InChI=1S/C12H22O2/c1-4-5-6-7-8-9-11(2)10-14-12(3)13/h4,11H,1,5-10H2,2-3H3. The Kier molecular flexibility index (Phi) is 8.30. The zero-order chi connectivity index (χ0) is 10.8. The average Bonchev–Trinajstić information content (AvgIpc) is 2.14. The lowest BCUT2D eigenvalue weighted by Crippen LogP contribution is -2.09. The molecule has 0 aliphatic rings. The highest BCUT2D eigenvalue weighted by Gasteiger charge is 2.03. The number of ether oxygens (including phenoxy) is 1. The topological polar surface area (TPSA) is 26.3 Å². The van der Waals surface area contributed by atoms with Crippen LogP contribution in [0.3, 0.4) is 0 Å². The van der Waals surface area contributed by atoms with Crippen molar-refractivity contribution < 1.29 is 9.53 Å². The largest absolute Gasteiger partial charge is 0.466 e. The summed E-state index contributed by atoms with van der Waals surface area (Å²) in [5.41, 5.74) is 0. The lowest BCUT2D eigenvalue weighted by molar-refractivity contribution is -0.142. The quantitative estimate of drug-likeness (QED) is 0.340. The van der Waals surface area contributed by atoms with E-state index in [0.717, 1.165) is 12.8 Å². The van der Waals surface area contributed by atoms with E-state index >= 15 is 0 Å². The molecule has 0 saturated heterocycles. The number of esters is 1. The van der Waals surface area contributed by atoms with Crippen LogP contribution in [0.4, 0.5) is 0 Å². The number of unbranched alkanes of at least 4 members (excludes halogenated alkanes) is 3. The molecule has 0 aliphatic heterocycles. The fourth-order valence-corrected chi connectivity index (χ4v) is 1.30. The first-order valence-corrected chi connectivity index (χ1v) is 5.41. The summed E-state index contributed by atoms with van der Waals surface area (Å²) in [6.07, 6.45) is 7.90. The normalized spacial score (nSPS) is 12.1. The molecule has 0 aromatic carbocycles. The maximum Gasteiger partial charge on any atom is 0.302 e. The molecule has 0 fully saturated rings. The minimum atomic E-state index is -0.177. The lowest BCUT2D eigenvalue weighted by atomic mass is 10.0. The third-order valence-corrected chi connectivity index (χ3v) is 2.18. The Bertz CT molecular complexity index is 164. The van der Waals surface area contributed by atoms with Crippen molar-refractivity contribution in [3.63, 3.8) is 0 Å². The van der Waals surface area contributed by atoms with Gasteiger partial charge in [0.05, 0.1) is 6.61 Å². The van der Waals surface area contributed by atoms with Crippen molar-refractivity contribution in [3.8, 4) is 0 Å². The Labute approximate surface area is 87.3 Å². The molecule has 82 valence electrons. The molecule has 0 aliphatic carbocycles. The Balaban J connectivity index is 3.21. The molecule has 0 aromatic rings. The summed E-state index contributed by atoms with van der Waals surface area (Å²) < 4.78 is 4.93. The molecular weight excluding hydrogens is 176 g/mol. The van der Waals surface area contributed by atoms with Gasteiger partial charge in [-0.2, -0.15) is 0 Å². The van der Waals surface area contributed by atoms with E-state index in [1.807, 2.05) is 6.08 Å². The molecule has 0 spiro atoms. The molecule has 0 saturated carbocycles. The number of rotatable bonds is 8. The van der Waals surface area contributed by atoms with Crippen molar-refractivity contribution in [3.05, 3.63) is 12.7 Å². The first-order valence-electron chi connectivity index (χ1n) is 5.41. The molecule has 1 unspecified atom stereocenters. The maximum absolute atomic E-state index is 10.5. The molecule has 2 nitrogen and oxygen atoms in total. The van der Waals surface area contributed by atoms with Gasteiger partial charge in [-0.05, 0) is 25.2 Å². The lowest BCUT2D eigenvalue weighted by Gasteiger charge is -2.10. The zero-order valence-electron chi connectivity index (χ0n) is 9.42. The Morgan fingerprint density at radius 2 is 2.14 bits per heavy atom. The Morgan fingerprint density at radius 1 is 1.43 bits per heavy atom. The summed E-state index contributed by atoms with van der Waals surface area (Å²) >= 11 is 0. The van der Waals surface area contributed by atoms with E-state index in [4.69, 9.17) is 4.74 Å². The van der Waals surface area contributed by atoms with E-state index < -0.39 is 0 Å². The minimum absolute atomic E-state index is 0.177. The summed E-state index contributed by atoms with van der Waals surface area (Å²) in [5, 5.41) is 0. The first kappa shape index (κ1) is 13.2. The van der Waals surface area contributed by atoms with Crippen LogP contribution >= 0.6 is 0 Å². The molecule has 1 atom stereocenters. The molecule has 0 radical (unpaired) electrons. The third kappa shape index (κ3) is 9.30. The first-order chi connectivity index (χ1) is 6.66. The molecule has 0 N–H and O–H groups in total. The second-order valence-corrected chi connectivity index (χ2v) is 3.83. The van der Waals surface area contributed by atoms with Crippen LogP contribution in [0, 0.1) is 5.92 Å². The Morgan fingerprint density at radius 3 is 2.71 bits per heavy atom. The summed E-state index contributed by atoms with van der Waals surface area (Å²) in [6.45, 7) is 7.83. The molecule has 2 heteroatoms. The zero-order valence-corrected chi connectivity index (χ0v) is 9.42. The van der Waals surface area contributed by atoms with Gasteiger partial charge >= 0.3 is 5.97 Å². The van der Waals surface area contributed by atoms with E-state index in [-0.39, 0.29) is 5.97 Å². The number of carbonyl (C=O) groups excluding carboxylic acids is 1. The van der Waals surface area contributed by atoms with Gasteiger partial charge in [0.2, 0.25) is 0 Å². The predicted octanol–water partition coefficient (Wildman–Crippen LogP) is 3.32. The number of carbonyl (C=O) groups is 1.